The van der Waals surface area contributed by atoms with Gasteiger partial charge in [-0.2, -0.15) is 0 Å². The maximum Gasteiger partial charge on any atom is 0.303 e. The van der Waals surface area contributed by atoms with Crippen LogP contribution in [0.2, 0.25) is 0 Å². The first kappa shape index (κ1) is 23.3. The van der Waals surface area contributed by atoms with E-state index in [1.807, 2.05) is 78.2 Å². The number of imidazole rings is 1. The maximum atomic E-state index is 11.0. The van der Waals surface area contributed by atoms with Gasteiger partial charge in [0.15, 0.2) is 0 Å². The van der Waals surface area contributed by atoms with Crippen LogP contribution in [0.5, 0.6) is 5.75 Å². The molecule has 174 valence electrons. The topological polar surface area (TPSA) is 85.4 Å². The molecule has 7 nitrogen and oxygen atoms in total. The molecule has 0 saturated heterocycles. The highest BCUT2D eigenvalue weighted by Crippen LogP contribution is 2.26. The lowest BCUT2D eigenvalue weighted by atomic mass is 10.1. The molecule has 0 radical (unpaired) electrons. The number of alkyl halides is 1. The van der Waals surface area contributed by atoms with Crippen LogP contribution in [0, 0.1) is 6.92 Å². The highest BCUT2D eigenvalue weighted by molar-refractivity contribution is 6.19. The highest BCUT2D eigenvalue weighted by atomic mass is 35.5. The Kier molecular flexibility index (Phi) is 7.44. The van der Waals surface area contributed by atoms with E-state index in [1.54, 1.807) is 12.1 Å². The predicted molar refractivity (Wildman–Crippen MR) is 130 cm³/mol. The fourth-order valence-corrected chi connectivity index (χ4v) is 3.61. The number of rotatable bonds is 10. The molecule has 4 aromatic rings. The van der Waals surface area contributed by atoms with Crippen molar-refractivity contribution in [3.8, 4) is 5.75 Å². The number of oxime groups is 1. The third-order valence-electron chi connectivity index (χ3n) is 5.20. The van der Waals surface area contributed by atoms with E-state index < -0.39 is 11.5 Å². The second-order valence-electron chi connectivity index (χ2n) is 7.71. The van der Waals surface area contributed by atoms with Gasteiger partial charge in [0.05, 0.1) is 12.1 Å². The average molecular weight is 478 g/mol. The summed E-state index contributed by atoms with van der Waals surface area (Å²) >= 11 is 6.45. The summed E-state index contributed by atoms with van der Waals surface area (Å²) in [4.78, 5) is 21.0. The number of carbonyl (C=O) groups is 1. The van der Waals surface area contributed by atoms with E-state index in [0.717, 1.165) is 22.5 Å². The number of fused-ring (bicyclic) bond motifs is 1. The fourth-order valence-electron chi connectivity index (χ4n) is 3.40. The van der Waals surface area contributed by atoms with E-state index in [0.29, 0.717) is 17.2 Å². The SMILES string of the molecule is Cc1cccc2nc(C(Cl)Oc3ccc(CO/N=C(\CCC(=O)O)c4ccccc4)cc3)cn12. The smallest absolute Gasteiger partial charge is 0.303 e. The third kappa shape index (κ3) is 5.94. The summed E-state index contributed by atoms with van der Waals surface area (Å²) in [5, 5.41) is 13.2. The number of carboxylic acids is 1. The van der Waals surface area contributed by atoms with Gasteiger partial charge < -0.3 is 19.1 Å². The Hall–Kier alpha value is -3.84. The van der Waals surface area contributed by atoms with E-state index in [4.69, 9.17) is 26.3 Å². The van der Waals surface area contributed by atoms with Gasteiger partial charge in [0.2, 0.25) is 5.56 Å². The van der Waals surface area contributed by atoms with Crippen molar-refractivity contribution >= 4 is 28.9 Å². The molecule has 2 heterocycles. The van der Waals surface area contributed by atoms with E-state index in [9.17, 15) is 4.79 Å². The Bertz CT molecular complexity index is 1290. The van der Waals surface area contributed by atoms with Crippen LogP contribution >= 0.6 is 11.6 Å². The number of aliphatic carboxylic acids is 1. The Morgan fingerprint density at radius 2 is 1.82 bits per heavy atom. The van der Waals surface area contributed by atoms with Gasteiger partial charge in [0, 0.05) is 18.3 Å². The van der Waals surface area contributed by atoms with Gasteiger partial charge in [0.25, 0.3) is 0 Å². The summed E-state index contributed by atoms with van der Waals surface area (Å²) in [6, 6.07) is 22.6. The quantitative estimate of drug-likeness (QED) is 0.179. The van der Waals surface area contributed by atoms with Crippen LogP contribution in [0.4, 0.5) is 0 Å². The van der Waals surface area contributed by atoms with Crippen LogP contribution in [0.1, 0.15) is 40.9 Å². The zero-order valence-electron chi connectivity index (χ0n) is 18.6. The van der Waals surface area contributed by atoms with Crippen molar-refractivity contribution < 1.29 is 19.5 Å². The van der Waals surface area contributed by atoms with E-state index in [-0.39, 0.29) is 19.4 Å². The molecule has 0 amide bonds. The minimum atomic E-state index is -0.879. The number of ether oxygens (including phenoxy) is 1. The fraction of sp³-hybridized carbons (Fsp3) is 0.192. The summed E-state index contributed by atoms with van der Waals surface area (Å²) in [5.74, 6) is -0.275. The molecule has 0 aliphatic heterocycles. The Labute approximate surface area is 202 Å². The van der Waals surface area contributed by atoms with E-state index in [1.165, 1.54) is 0 Å². The zero-order chi connectivity index (χ0) is 23.9. The number of hydrogen-bond acceptors (Lipinski definition) is 5. The van der Waals surface area contributed by atoms with Crippen LogP contribution in [0.3, 0.4) is 0 Å². The Morgan fingerprint density at radius 1 is 1.06 bits per heavy atom. The van der Waals surface area contributed by atoms with Crippen molar-refractivity contribution in [2.75, 3.05) is 0 Å². The van der Waals surface area contributed by atoms with Crippen molar-refractivity contribution in [1.82, 2.24) is 9.38 Å². The standard InChI is InChI=1S/C26H24ClN3O4/c1-18-6-5-9-24-28-23(16-30(18)24)26(27)34-21-12-10-19(11-13-21)17-33-29-22(14-15-25(31)32)20-7-3-2-4-8-20/h2-13,16,26H,14-15,17H2,1H3,(H,31,32)/b29-22+. The first-order valence-electron chi connectivity index (χ1n) is 10.8. The molecule has 1 N–H and O–H groups in total. The molecule has 0 bridgehead atoms. The van der Waals surface area contributed by atoms with Gasteiger partial charge >= 0.3 is 5.97 Å². The minimum absolute atomic E-state index is 0.0193. The molecule has 0 spiro atoms. The van der Waals surface area contributed by atoms with Crippen molar-refractivity contribution in [2.45, 2.75) is 31.9 Å². The van der Waals surface area contributed by atoms with Crippen LogP contribution in [0.15, 0.2) is 84.1 Å². The molecule has 0 saturated carbocycles. The van der Waals surface area contributed by atoms with Crippen molar-refractivity contribution in [3.05, 3.63) is 102 Å². The third-order valence-corrected chi connectivity index (χ3v) is 5.51. The van der Waals surface area contributed by atoms with Gasteiger partial charge in [0.1, 0.15) is 23.7 Å². The van der Waals surface area contributed by atoms with Crippen LogP contribution in [0.25, 0.3) is 5.65 Å². The molecule has 0 aliphatic carbocycles. The Morgan fingerprint density at radius 3 is 2.53 bits per heavy atom. The van der Waals surface area contributed by atoms with E-state index >= 15 is 0 Å². The van der Waals surface area contributed by atoms with Gasteiger partial charge in [-0.15, -0.1) is 0 Å². The second-order valence-corrected chi connectivity index (χ2v) is 8.11. The largest absolute Gasteiger partial charge is 0.481 e. The van der Waals surface area contributed by atoms with Gasteiger partial charge in [-0.3, -0.25) is 4.79 Å². The van der Waals surface area contributed by atoms with E-state index in [2.05, 4.69) is 10.1 Å². The summed E-state index contributed by atoms with van der Waals surface area (Å²) in [5.41, 5.74) is 4.09. The van der Waals surface area contributed by atoms with Gasteiger partial charge in [-0.1, -0.05) is 65.3 Å². The lowest BCUT2D eigenvalue weighted by Crippen LogP contribution is -2.06. The van der Waals surface area contributed by atoms with Crippen LogP contribution in [-0.2, 0) is 16.2 Å². The number of pyridine rings is 1. The van der Waals surface area contributed by atoms with Gasteiger partial charge in [-0.05, 0) is 42.3 Å². The molecule has 0 fully saturated rings. The average Bonchev–Trinajstić information content (AvgIpc) is 3.29. The maximum absolute atomic E-state index is 11.0. The molecular formula is C26H24ClN3O4. The van der Waals surface area contributed by atoms with Crippen LogP contribution in [-0.4, -0.2) is 26.2 Å². The summed E-state index contributed by atoms with van der Waals surface area (Å²) < 4.78 is 7.81. The molecular weight excluding hydrogens is 454 g/mol. The second kappa shape index (κ2) is 10.9. The number of carboxylic acid groups (broad SMARTS) is 1. The summed E-state index contributed by atoms with van der Waals surface area (Å²) in [7, 11) is 0. The molecule has 0 aliphatic rings. The molecule has 1 unspecified atom stereocenters. The molecule has 2 aromatic heterocycles. The van der Waals surface area contributed by atoms with Gasteiger partial charge in [-0.25, -0.2) is 4.98 Å². The lowest BCUT2D eigenvalue weighted by Gasteiger charge is -2.11. The number of halogens is 1. The predicted octanol–water partition coefficient (Wildman–Crippen LogP) is 5.74. The molecule has 1 atom stereocenters. The Balaban J connectivity index is 1.37. The molecule has 34 heavy (non-hydrogen) atoms. The number of benzene rings is 2. The monoisotopic (exact) mass is 477 g/mol. The number of aromatic nitrogens is 2. The molecule has 2 aromatic carbocycles. The van der Waals surface area contributed by atoms with Crippen molar-refractivity contribution in [3.63, 3.8) is 0 Å². The zero-order valence-corrected chi connectivity index (χ0v) is 19.4. The number of hydrogen-bond donors (Lipinski definition) is 1. The molecule has 8 heteroatoms. The molecule has 4 rings (SSSR count). The van der Waals surface area contributed by atoms with Crippen molar-refractivity contribution in [2.24, 2.45) is 5.16 Å². The first-order valence-corrected chi connectivity index (χ1v) is 11.2. The lowest BCUT2D eigenvalue weighted by molar-refractivity contribution is -0.136. The number of aryl methyl sites for hydroxylation is 1. The van der Waals surface area contributed by atoms with Crippen LogP contribution < -0.4 is 4.74 Å². The summed E-state index contributed by atoms with van der Waals surface area (Å²) in [6.07, 6.45) is 2.14. The normalized spacial score (nSPS) is 12.5. The first-order chi connectivity index (χ1) is 16.5. The minimum Gasteiger partial charge on any atom is -0.481 e. The number of nitrogens with zero attached hydrogens (tertiary/aromatic N) is 3. The van der Waals surface area contributed by atoms with Crippen molar-refractivity contribution in [1.29, 1.82) is 0 Å². The summed E-state index contributed by atoms with van der Waals surface area (Å²) in [6.45, 7) is 2.24. The highest BCUT2D eigenvalue weighted by Gasteiger charge is 2.15.